The number of fused-ring (bicyclic) bond motifs is 1. The minimum Gasteiger partial charge on any atom is -0.462 e. The van der Waals surface area contributed by atoms with E-state index in [-0.39, 0.29) is 30.1 Å². The van der Waals surface area contributed by atoms with E-state index in [1.54, 1.807) is 24.7 Å². The van der Waals surface area contributed by atoms with Gasteiger partial charge in [-0.1, -0.05) is 6.07 Å². The summed E-state index contributed by atoms with van der Waals surface area (Å²) in [6.07, 6.45) is 5.61. The third-order valence-corrected chi connectivity index (χ3v) is 4.83. The molecular formula is C19H22N6O3. The topological polar surface area (TPSA) is 94.6 Å². The summed E-state index contributed by atoms with van der Waals surface area (Å²) < 4.78 is 8.13. The number of ether oxygens (including phenoxy) is 1. The van der Waals surface area contributed by atoms with Crippen molar-refractivity contribution >= 4 is 23.3 Å². The molecule has 3 aromatic heterocycles. The van der Waals surface area contributed by atoms with Crippen LogP contribution < -0.4 is 4.90 Å². The molecule has 1 aliphatic heterocycles. The Morgan fingerprint density at radius 3 is 2.75 bits per heavy atom. The first-order valence-corrected chi connectivity index (χ1v) is 9.39. The number of aromatic nitrogens is 5. The number of carbonyl (C=O) groups excluding carboxylic acids is 2. The lowest BCUT2D eigenvalue weighted by Crippen LogP contribution is -2.19. The SMILES string of the molecule is CCOC(=O)c1cnn(C)c1C(=O)Cc1ccc2nc(N3CCCC3)nn2c1. The van der Waals surface area contributed by atoms with Crippen LogP contribution in [-0.2, 0) is 18.2 Å². The maximum atomic E-state index is 12.9. The van der Waals surface area contributed by atoms with Gasteiger partial charge in [-0.2, -0.15) is 10.1 Å². The molecule has 1 fully saturated rings. The van der Waals surface area contributed by atoms with Gasteiger partial charge in [0.15, 0.2) is 11.4 Å². The molecule has 0 aliphatic carbocycles. The van der Waals surface area contributed by atoms with Gasteiger partial charge >= 0.3 is 5.97 Å². The maximum absolute atomic E-state index is 12.9. The fourth-order valence-corrected chi connectivity index (χ4v) is 3.47. The van der Waals surface area contributed by atoms with E-state index in [2.05, 4.69) is 20.1 Å². The van der Waals surface area contributed by atoms with Crippen LogP contribution in [0.1, 0.15) is 46.2 Å². The molecule has 1 aliphatic rings. The molecule has 0 bridgehead atoms. The zero-order valence-corrected chi connectivity index (χ0v) is 16.0. The zero-order valence-electron chi connectivity index (χ0n) is 16.0. The van der Waals surface area contributed by atoms with Gasteiger partial charge in [0.2, 0.25) is 5.95 Å². The summed E-state index contributed by atoms with van der Waals surface area (Å²) in [6, 6.07) is 3.71. The van der Waals surface area contributed by atoms with Crippen molar-refractivity contribution in [2.75, 3.05) is 24.6 Å². The number of rotatable bonds is 6. The number of esters is 1. The normalized spacial score (nSPS) is 14.0. The first kappa shape index (κ1) is 18.1. The van der Waals surface area contributed by atoms with E-state index in [9.17, 15) is 9.59 Å². The number of pyridine rings is 1. The van der Waals surface area contributed by atoms with Crippen molar-refractivity contribution in [3.63, 3.8) is 0 Å². The second-order valence-corrected chi connectivity index (χ2v) is 6.80. The van der Waals surface area contributed by atoms with Crippen LogP contribution in [0.2, 0.25) is 0 Å². The molecule has 0 spiro atoms. The van der Waals surface area contributed by atoms with Gasteiger partial charge in [0.25, 0.3) is 0 Å². The molecule has 1 saturated heterocycles. The van der Waals surface area contributed by atoms with Crippen LogP contribution in [0, 0.1) is 0 Å². The molecule has 3 aromatic rings. The molecule has 0 atom stereocenters. The molecular weight excluding hydrogens is 360 g/mol. The number of nitrogens with zero attached hydrogens (tertiary/aromatic N) is 6. The lowest BCUT2D eigenvalue weighted by Gasteiger charge is -2.10. The summed E-state index contributed by atoms with van der Waals surface area (Å²) in [5, 5.41) is 8.58. The minimum atomic E-state index is -0.541. The number of hydrogen-bond acceptors (Lipinski definition) is 7. The van der Waals surface area contributed by atoms with Crippen molar-refractivity contribution < 1.29 is 14.3 Å². The van der Waals surface area contributed by atoms with Crippen molar-refractivity contribution in [3.05, 3.63) is 41.3 Å². The van der Waals surface area contributed by atoms with Gasteiger partial charge in [-0.3, -0.25) is 9.48 Å². The molecule has 4 heterocycles. The summed E-state index contributed by atoms with van der Waals surface area (Å²) in [7, 11) is 1.64. The van der Waals surface area contributed by atoms with Crippen LogP contribution in [0.3, 0.4) is 0 Å². The van der Waals surface area contributed by atoms with E-state index in [1.807, 2.05) is 12.1 Å². The Bertz CT molecular complexity index is 1030. The van der Waals surface area contributed by atoms with Gasteiger partial charge in [0, 0.05) is 32.8 Å². The summed E-state index contributed by atoms with van der Waals surface area (Å²) in [4.78, 5) is 31.7. The van der Waals surface area contributed by atoms with Gasteiger partial charge < -0.3 is 9.64 Å². The van der Waals surface area contributed by atoms with Gasteiger partial charge in [0.05, 0.1) is 12.8 Å². The van der Waals surface area contributed by atoms with Crippen molar-refractivity contribution in [1.82, 2.24) is 24.4 Å². The smallest absolute Gasteiger partial charge is 0.342 e. The summed E-state index contributed by atoms with van der Waals surface area (Å²) >= 11 is 0. The van der Waals surface area contributed by atoms with Crippen molar-refractivity contribution in [1.29, 1.82) is 0 Å². The highest BCUT2D eigenvalue weighted by atomic mass is 16.5. The third-order valence-electron chi connectivity index (χ3n) is 4.83. The highest BCUT2D eigenvalue weighted by Crippen LogP contribution is 2.18. The molecule has 4 rings (SSSR count). The first-order valence-electron chi connectivity index (χ1n) is 9.39. The third kappa shape index (κ3) is 3.35. The lowest BCUT2D eigenvalue weighted by molar-refractivity contribution is 0.0522. The molecule has 28 heavy (non-hydrogen) atoms. The van der Waals surface area contributed by atoms with E-state index in [1.165, 1.54) is 10.9 Å². The predicted molar refractivity (Wildman–Crippen MR) is 102 cm³/mol. The summed E-state index contributed by atoms with van der Waals surface area (Å²) in [5.74, 6) is -0.0274. The Morgan fingerprint density at radius 1 is 1.21 bits per heavy atom. The first-order chi connectivity index (χ1) is 13.6. The number of aryl methyl sites for hydroxylation is 1. The predicted octanol–water partition coefficient (Wildman–Crippen LogP) is 1.67. The maximum Gasteiger partial charge on any atom is 0.342 e. The van der Waals surface area contributed by atoms with Crippen LogP contribution >= 0.6 is 0 Å². The van der Waals surface area contributed by atoms with Crippen molar-refractivity contribution in [3.8, 4) is 0 Å². The Balaban J connectivity index is 1.57. The van der Waals surface area contributed by atoms with E-state index >= 15 is 0 Å². The van der Waals surface area contributed by atoms with Crippen LogP contribution in [0.5, 0.6) is 0 Å². The van der Waals surface area contributed by atoms with Crippen LogP contribution in [0.15, 0.2) is 24.5 Å². The zero-order chi connectivity index (χ0) is 19.7. The number of anilines is 1. The quantitative estimate of drug-likeness (QED) is 0.473. The second-order valence-electron chi connectivity index (χ2n) is 6.80. The monoisotopic (exact) mass is 382 g/mol. The van der Waals surface area contributed by atoms with Gasteiger partial charge in [-0.25, -0.2) is 9.31 Å². The second kappa shape index (κ2) is 7.41. The molecule has 0 amide bonds. The van der Waals surface area contributed by atoms with Crippen molar-refractivity contribution in [2.45, 2.75) is 26.2 Å². The fraction of sp³-hybridized carbons (Fsp3) is 0.421. The highest BCUT2D eigenvalue weighted by molar-refractivity contribution is 6.05. The number of carbonyl (C=O) groups is 2. The number of hydrogen-bond donors (Lipinski definition) is 0. The van der Waals surface area contributed by atoms with E-state index < -0.39 is 5.97 Å². The average Bonchev–Trinajstić information content (AvgIpc) is 3.40. The Hall–Kier alpha value is -3.23. The Morgan fingerprint density at radius 2 is 2.00 bits per heavy atom. The Labute approximate surface area is 161 Å². The van der Waals surface area contributed by atoms with Crippen LogP contribution in [0.25, 0.3) is 5.65 Å². The molecule has 0 saturated carbocycles. The van der Waals surface area contributed by atoms with Gasteiger partial charge in [-0.15, -0.1) is 5.10 Å². The van der Waals surface area contributed by atoms with Crippen molar-refractivity contribution in [2.24, 2.45) is 7.05 Å². The molecule has 0 aromatic carbocycles. The van der Waals surface area contributed by atoms with Gasteiger partial charge in [0.1, 0.15) is 11.3 Å². The highest BCUT2D eigenvalue weighted by Gasteiger charge is 2.23. The molecule has 0 radical (unpaired) electrons. The molecule has 146 valence electrons. The van der Waals surface area contributed by atoms with Crippen LogP contribution in [0.4, 0.5) is 5.95 Å². The molecule has 0 N–H and O–H groups in total. The molecule has 9 heteroatoms. The van der Waals surface area contributed by atoms with E-state index in [0.29, 0.717) is 0 Å². The standard InChI is InChI=1S/C19H22N6O3/c1-3-28-18(27)14-11-20-23(2)17(14)15(26)10-13-6-7-16-21-19(22-25(16)12-13)24-8-4-5-9-24/h6-7,11-12H,3-5,8-10H2,1-2H3. The van der Waals surface area contributed by atoms with E-state index in [4.69, 9.17) is 4.74 Å². The fourth-order valence-electron chi connectivity index (χ4n) is 3.47. The van der Waals surface area contributed by atoms with Crippen LogP contribution in [-0.4, -0.2) is 55.8 Å². The summed E-state index contributed by atoms with van der Waals surface area (Å²) in [5.41, 5.74) is 1.96. The van der Waals surface area contributed by atoms with E-state index in [0.717, 1.165) is 43.1 Å². The lowest BCUT2D eigenvalue weighted by atomic mass is 10.1. The van der Waals surface area contributed by atoms with Gasteiger partial charge in [-0.05, 0) is 31.4 Å². The summed E-state index contributed by atoms with van der Waals surface area (Å²) in [6.45, 7) is 3.90. The number of ketones is 1. The number of Topliss-reactive ketones (excluding diaryl/α,β-unsaturated/α-hetero) is 1. The average molecular weight is 382 g/mol. The molecule has 9 nitrogen and oxygen atoms in total. The largest absolute Gasteiger partial charge is 0.462 e. The Kier molecular flexibility index (Phi) is 4.81. The molecule has 0 unspecified atom stereocenters. The minimum absolute atomic E-state index is 0.126.